The number of hydrogen-bond acceptors (Lipinski definition) is 4. The van der Waals surface area contributed by atoms with Crippen molar-refractivity contribution in [3.63, 3.8) is 0 Å². The van der Waals surface area contributed by atoms with Crippen LogP contribution in [0.4, 0.5) is 0 Å². The van der Waals surface area contributed by atoms with E-state index < -0.39 is 0 Å². The Morgan fingerprint density at radius 1 is 1.48 bits per heavy atom. The highest BCUT2D eigenvalue weighted by molar-refractivity contribution is 7.98. The predicted octanol–water partition coefficient (Wildman–Crippen LogP) is 2.61. The summed E-state index contributed by atoms with van der Waals surface area (Å²) in [7, 11) is 4.22. The SMILES string of the molecule is CCC[C@@H]1CN(C(=O)c2cccnc2SC)C[C@H]1N(C)C. The Bertz CT molecular complexity index is 492. The quantitative estimate of drug-likeness (QED) is 0.784. The highest BCUT2D eigenvalue weighted by Gasteiger charge is 2.36. The number of amides is 1. The molecule has 116 valence electrons. The monoisotopic (exact) mass is 307 g/mol. The van der Waals surface area contributed by atoms with Gasteiger partial charge in [0.15, 0.2) is 0 Å². The van der Waals surface area contributed by atoms with Gasteiger partial charge in [-0.25, -0.2) is 4.98 Å². The molecule has 1 saturated heterocycles. The maximum Gasteiger partial charge on any atom is 0.256 e. The molecule has 0 aromatic carbocycles. The third-order valence-corrected chi connectivity index (χ3v) is 4.92. The van der Waals surface area contributed by atoms with Crippen LogP contribution in [0.1, 0.15) is 30.1 Å². The van der Waals surface area contributed by atoms with Crippen molar-refractivity contribution in [2.45, 2.75) is 30.8 Å². The van der Waals surface area contributed by atoms with Gasteiger partial charge in [0.25, 0.3) is 5.91 Å². The first kappa shape index (κ1) is 16.3. The summed E-state index contributed by atoms with van der Waals surface area (Å²) in [4.78, 5) is 21.4. The molecule has 1 fully saturated rings. The maximum absolute atomic E-state index is 12.8. The van der Waals surface area contributed by atoms with Gasteiger partial charge in [-0.1, -0.05) is 13.3 Å². The molecule has 2 rings (SSSR count). The van der Waals surface area contributed by atoms with Crippen LogP contribution in [0.15, 0.2) is 23.4 Å². The van der Waals surface area contributed by atoms with Gasteiger partial charge in [-0.2, -0.15) is 0 Å². The van der Waals surface area contributed by atoms with E-state index in [1.165, 1.54) is 24.6 Å². The van der Waals surface area contributed by atoms with E-state index in [1.807, 2.05) is 23.3 Å². The summed E-state index contributed by atoms with van der Waals surface area (Å²) in [6.07, 6.45) is 6.05. The van der Waals surface area contributed by atoms with Crippen molar-refractivity contribution in [3.8, 4) is 0 Å². The molecule has 0 radical (unpaired) electrons. The number of likely N-dealkylation sites (N-methyl/N-ethyl adjacent to an activating group) is 1. The summed E-state index contributed by atoms with van der Waals surface area (Å²) in [6, 6.07) is 4.19. The lowest BCUT2D eigenvalue weighted by Gasteiger charge is -2.24. The van der Waals surface area contributed by atoms with Crippen LogP contribution < -0.4 is 0 Å². The first-order chi connectivity index (χ1) is 10.1. The molecule has 5 heteroatoms. The van der Waals surface area contributed by atoms with Crippen LogP contribution in [0.5, 0.6) is 0 Å². The Morgan fingerprint density at radius 2 is 2.24 bits per heavy atom. The molecule has 1 amide bonds. The van der Waals surface area contributed by atoms with Crippen LogP contribution in [-0.4, -0.2) is 60.2 Å². The summed E-state index contributed by atoms with van der Waals surface area (Å²) in [5.74, 6) is 0.696. The molecule has 2 heterocycles. The van der Waals surface area contributed by atoms with Crippen LogP contribution in [0.2, 0.25) is 0 Å². The molecule has 1 aromatic rings. The van der Waals surface area contributed by atoms with Gasteiger partial charge in [0.2, 0.25) is 0 Å². The third kappa shape index (κ3) is 3.58. The van der Waals surface area contributed by atoms with Crippen molar-refractivity contribution in [2.75, 3.05) is 33.4 Å². The number of rotatable bonds is 5. The molecule has 0 unspecified atom stereocenters. The van der Waals surface area contributed by atoms with E-state index in [-0.39, 0.29) is 5.91 Å². The summed E-state index contributed by atoms with van der Waals surface area (Å²) >= 11 is 1.53. The Hall–Kier alpha value is -1.07. The first-order valence-corrected chi connectivity index (χ1v) is 8.75. The maximum atomic E-state index is 12.8. The lowest BCUT2D eigenvalue weighted by Crippen LogP contribution is -2.36. The van der Waals surface area contributed by atoms with Gasteiger partial charge >= 0.3 is 0 Å². The minimum Gasteiger partial charge on any atom is -0.337 e. The molecule has 4 nitrogen and oxygen atoms in total. The van der Waals surface area contributed by atoms with E-state index >= 15 is 0 Å². The number of carbonyl (C=O) groups is 1. The fraction of sp³-hybridized carbons (Fsp3) is 0.625. The zero-order chi connectivity index (χ0) is 15.4. The number of pyridine rings is 1. The van der Waals surface area contributed by atoms with Gasteiger partial charge < -0.3 is 9.80 Å². The summed E-state index contributed by atoms with van der Waals surface area (Å²) in [5, 5.41) is 0.822. The molecule has 2 atom stereocenters. The van der Waals surface area contributed by atoms with Gasteiger partial charge in [-0.3, -0.25) is 4.79 Å². The van der Waals surface area contributed by atoms with E-state index in [4.69, 9.17) is 0 Å². The van der Waals surface area contributed by atoms with Gasteiger partial charge in [0, 0.05) is 25.3 Å². The molecule has 0 saturated carbocycles. The Labute approximate surface area is 131 Å². The molecule has 0 N–H and O–H groups in total. The van der Waals surface area contributed by atoms with Crippen LogP contribution in [0.3, 0.4) is 0 Å². The minimum absolute atomic E-state index is 0.123. The Kier molecular flexibility index (Phi) is 5.65. The van der Waals surface area contributed by atoms with Gasteiger partial charge in [-0.15, -0.1) is 11.8 Å². The van der Waals surface area contributed by atoms with Gasteiger partial charge in [0.05, 0.1) is 5.56 Å². The van der Waals surface area contributed by atoms with Crippen molar-refractivity contribution in [1.82, 2.24) is 14.8 Å². The molecule has 1 aliphatic heterocycles. The molecule has 1 aliphatic rings. The number of carbonyl (C=O) groups excluding carboxylic acids is 1. The smallest absolute Gasteiger partial charge is 0.256 e. The fourth-order valence-corrected chi connectivity index (χ4v) is 3.69. The van der Waals surface area contributed by atoms with Gasteiger partial charge in [0.1, 0.15) is 5.03 Å². The molecule has 0 aliphatic carbocycles. The van der Waals surface area contributed by atoms with E-state index in [2.05, 4.69) is 30.9 Å². The lowest BCUT2D eigenvalue weighted by atomic mass is 9.98. The molecular weight excluding hydrogens is 282 g/mol. The van der Waals surface area contributed by atoms with Crippen molar-refractivity contribution in [2.24, 2.45) is 5.92 Å². The fourth-order valence-electron chi connectivity index (χ4n) is 3.15. The van der Waals surface area contributed by atoms with Crippen molar-refractivity contribution in [1.29, 1.82) is 0 Å². The number of nitrogens with zero attached hydrogens (tertiary/aromatic N) is 3. The van der Waals surface area contributed by atoms with E-state index in [9.17, 15) is 4.79 Å². The van der Waals surface area contributed by atoms with Crippen LogP contribution in [0, 0.1) is 5.92 Å². The minimum atomic E-state index is 0.123. The average molecular weight is 307 g/mol. The molecule has 21 heavy (non-hydrogen) atoms. The van der Waals surface area contributed by atoms with Crippen LogP contribution in [0.25, 0.3) is 0 Å². The van der Waals surface area contributed by atoms with E-state index in [0.29, 0.717) is 12.0 Å². The lowest BCUT2D eigenvalue weighted by molar-refractivity contribution is 0.0776. The Morgan fingerprint density at radius 3 is 2.86 bits per heavy atom. The number of thioether (sulfide) groups is 1. The topological polar surface area (TPSA) is 36.4 Å². The normalized spacial score (nSPS) is 22.0. The van der Waals surface area contributed by atoms with Crippen LogP contribution in [-0.2, 0) is 0 Å². The van der Waals surface area contributed by atoms with Gasteiger partial charge in [-0.05, 0) is 44.8 Å². The zero-order valence-corrected chi connectivity index (χ0v) is 14.2. The molecule has 1 aromatic heterocycles. The highest BCUT2D eigenvalue weighted by Crippen LogP contribution is 2.27. The predicted molar refractivity (Wildman–Crippen MR) is 87.8 cm³/mol. The van der Waals surface area contributed by atoms with Crippen molar-refractivity contribution < 1.29 is 4.79 Å². The third-order valence-electron chi connectivity index (χ3n) is 4.21. The van der Waals surface area contributed by atoms with E-state index in [0.717, 1.165) is 23.7 Å². The second kappa shape index (κ2) is 7.27. The Balaban J connectivity index is 2.17. The molecule has 0 bridgehead atoms. The molecular formula is C16H25N3OS. The highest BCUT2D eigenvalue weighted by atomic mass is 32.2. The average Bonchev–Trinajstić information content (AvgIpc) is 2.91. The number of aromatic nitrogens is 1. The largest absolute Gasteiger partial charge is 0.337 e. The molecule has 0 spiro atoms. The summed E-state index contributed by atoms with van der Waals surface area (Å²) < 4.78 is 0. The standard InChI is InChI=1S/C16H25N3OS/c1-5-7-12-10-19(11-14(12)18(2)3)16(20)13-8-6-9-17-15(13)21-4/h6,8-9,12,14H,5,7,10-11H2,1-4H3/t12-,14-/m1/s1. The first-order valence-electron chi connectivity index (χ1n) is 7.53. The summed E-state index contributed by atoms with van der Waals surface area (Å²) in [5.41, 5.74) is 0.736. The number of likely N-dealkylation sites (tertiary alicyclic amines) is 1. The summed E-state index contributed by atoms with van der Waals surface area (Å²) in [6.45, 7) is 3.89. The van der Waals surface area contributed by atoms with Crippen molar-refractivity contribution >= 4 is 17.7 Å². The number of hydrogen-bond donors (Lipinski definition) is 0. The second-order valence-electron chi connectivity index (χ2n) is 5.85. The van der Waals surface area contributed by atoms with Crippen molar-refractivity contribution in [3.05, 3.63) is 23.9 Å². The zero-order valence-electron chi connectivity index (χ0n) is 13.4. The van der Waals surface area contributed by atoms with Crippen LogP contribution >= 0.6 is 11.8 Å². The second-order valence-corrected chi connectivity index (χ2v) is 6.65. The van der Waals surface area contributed by atoms with E-state index in [1.54, 1.807) is 6.20 Å².